The molecule has 0 radical (unpaired) electrons. The predicted molar refractivity (Wildman–Crippen MR) is 467 cm³/mol. The number of fused-ring (bicyclic) bond motifs is 21. The molecule has 0 bridgehead atoms. The van der Waals surface area contributed by atoms with Gasteiger partial charge in [-0.3, -0.25) is 0 Å². The van der Waals surface area contributed by atoms with Crippen molar-refractivity contribution in [3.05, 3.63) is 388 Å². The third-order valence-electron chi connectivity index (χ3n) is 23.6. The van der Waals surface area contributed by atoms with Crippen LogP contribution in [0.15, 0.2) is 397 Å². The van der Waals surface area contributed by atoms with Crippen molar-refractivity contribution < 1.29 is 8.83 Å². The Balaban J connectivity index is 0.569. The summed E-state index contributed by atoms with van der Waals surface area (Å²) in [6.45, 7) is 0. The summed E-state index contributed by atoms with van der Waals surface area (Å²) in [6.07, 6.45) is 0. The highest BCUT2D eigenvalue weighted by atomic mass is 16.3. The van der Waals surface area contributed by atoms with Crippen molar-refractivity contribution in [2.75, 3.05) is 0 Å². The van der Waals surface area contributed by atoms with Crippen molar-refractivity contribution in [3.8, 4) is 100 Å². The average Bonchev–Trinajstić information content (AvgIpc) is 1.20. The van der Waals surface area contributed by atoms with Gasteiger partial charge in [-0.05, 0) is 247 Å². The van der Waals surface area contributed by atoms with Crippen molar-refractivity contribution >= 4 is 141 Å². The van der Waals surface area contributed by atoms with Crippen LogP contribution in [0.3, 0.4) is 0 Å². The molecule has 0 spiro atoms. The highest BCUT2D eigenvalue weighted by molar-refractivity contribution is 6.32. The van der Waals surface area contributed by atoms with Gasteiger partial charge in [0, 0.05) is 32.3 Å². The summed E-state index contributed by atoms with van der Waals surface area (Å²) < 4.78 is 14.1. The smallest absolute Gasteiger partial charge is 0.143 e. The molecule has 23 rings (SSSR count). The molecule has 21 aromatic carbocycles. The van der Waals surface area contributed by atoms with E-state index in [-0.39, 0.29) is 0 Å². The van der Waals surface area contributed by atoms with Crippen molar-refractivity contribution in [1.29, 1.82) is 0 Å². The van der Waals surface area contributed by atoms with Crippen LogP contribution in [0, 0.1) is 0 Å². The van der Waals surface area contributed by atoms with Crippen molar-refractivity contribution in [1.82, 2.24) is 0 Å². The fraction of sp³-hybridized carbons (Fsp3) is 0. The third kappa shape index (κ3) is 9.69. The lowest BCUT2D eigenvalue weighted by Crippen LogP contribution is -1.91. The van der Waals surface area contributed by atoms with Gasteiger partial charge < -0.3 is 8.83 Å². The normalized spacial score (nSPS) is 12.0. The van der Waals surface area contributed by atoms with Crippen LogP contribution in [-0.2, 0) is 0 Å². The highest BCUT2D eigenvalue weighted by Gasteiger charge is 2.24. The second-order valence-corrected chi connectivity index (χ2v) is 29.6. The molecule has 0 aliphatic heterocycles. The molecular formula is C108H64O2. The first kappa shape index (κ1) is 61.8. The van der Waals surface area contributed by atoms with E-state index < -0.39 is 0 Å². The van der Waals surface area contributed by atoms with E-state index in [2.05, 4.69) is 388 Å². The molecule has 0 fully saturated rings. The van der Waals surface area contributed by atoms with E-state index in [9.17, 15) is 0 Å². The van der Waals surface area contributed by atoms with Crippen LogP contribution in [0.5, 0.6) is 0 Å². The summed E-state index contributed by atoms with van der Waals surface area (Å²) >= 11 is 0. The second kappa shape index (κ2) is 24.6. The minimum Gasteiger partial charge on any atom is -0.455 e. The Morgan fingerprint density at radius 1 is 0.127 bits per heavy atom. The summed E-state index contributed by atoms with van der Waals surface area (Å²) in [5.41, 5.74) is 24.8. The zero-order valence-electron chi connectivity index (χ0n) is 59.8. The molecule has 0 aliphatic carbocycles. The zero-order chi connectivity index (χ0) is 72.1. The first-order chi connectivity index (χ1) is 54.5. The quantitative estimate of drug-likeness (QED) is 0.106. The maximum atomic E-state index is 7.22. The highest BCUT2D eigenvalue weighted by Crippen LogP contribution is 2.50. The number of furan rings is 2. The Kier molecular flexibility index (Phi) is 13.8. The van der Waals surface area contributed by atoms with Crippen LogP contribution in [0.2, 0.25) is 0 Å². The van der Waals surface area contributed by atoms with Crippen LogP contribution in [0.4, 0.5) is 0 Å². The monoisotopic (exact) mass is 1390 g/mol. The minimum absolute atomic E-state index is 0.868. The molecule has 2 heterocycles. The molecule has 0 unspecified atom stereocenters. The Hall–Kier alpha value is -14.4. The van der Waals surface area contributed by atoms with Gasteiger partial charge in [0.25, 0.3) is 0 Å². The lowest BCUT2D eigenvalue weighted by Gasteiger charge is -2.18. The van der Waals surface area contributed by atoms with E-state index in [4.69, 9.17) is 8.83 Å². The van der Waals surface area contributed by atoms with E-state index >= 15 is 0 Å². The molecule has 0 saturated heterocycles. The van der Waals surface area contributed by atoms with Gasteiger partial charge in [0.15, 0.2) is 0 Å². The zero-order valence-corrected chi connectivity index (χ0v) is 59.8. The van der Waals surface area contributed by atoms with E-state index in [1.54, 1.807) is 0 Å². The number of benzene rings is 21. The lowest BCUT2D eigenvalue weighted by atomic mass is 9.85. The maximum absolute atomic E-state index is 7.22. The van der Waals surface area contributed by atoms with E-state index in [1.165, 1.54) is 158 Å². The summed E-state index contributed by atoms with van der Waals surface area (Å²) in [6, 6.07) is 143. The van der Waals surface area contributed by atoms with Crippen molar-refractivity contribution in [3.63, 3.8) is 0 Å². The van der Waals surface area contributed by atoms with Gasteiger partial charge in [-0.2, -0.15) is 0 Å². The minimum atomic E-state index is 0.868. The SMILES string of the molecule is c1ccc(-c2ccc(-c3c4ccccc4c(-c4cccc(-c5ccc6c(c5)oc5c7cc(-c8ccc9cc(-c%10cccc(-c%11c%12ccccc%12c(-c%12cccc(-c%13ccc%14c(c%13)oc%13c%15ccccc%15c%15ccccc%15c%14%13)c%12)c%12ccccc%11%12)c%10)ccc9c8)ccc7c7ccccc7c65)c4)c4ccccc34)cc2)cc1. The topological polar surface area (TPSA) is 26.3 Å². The molecule has 508 valence electrons. The van der Waals surface area contributed by atoms with Crippen molar-refractivity contribution in [2.45, 2.75) is 0 Å². The van der Waals surface area contributed by atoms with Crippen LogP contribution in [0.25, 0.3) is 241 Å². The molecule has 0 aliphatic rings. The molecule has 2 heteroatoms. The maximum Gasteiger partial charge on any atom is 0.143 e. The van der Waals surface area contributed by atoms with Gasteiger partial charge in [-0.25, -0.2) is 0 Å². The first-order valence-corrected chi connectivity index (χ1v) is 38.0. The van der Waals surface area contributed by atoms with E-state index in [0.717, 1.165) is 82.6 Å². The largest absolute Gasteiger partial charge is 0.455 e. The first-order valence-electron chi connectivity index (χ1n) is 38.0. The average molecular weight is 1390 g/mol. The van der Waals surface area contributed by atoms with Crippen molar-refractivity contribution in [2.24, 2.45) is 0 Å². The summed E-state index contributed by atoms with van der Waals surface area (Å²) in [5, 5.41) is 26.2. The molecule has 0 amide bonds. The van der Waals surface area contributed by atoms with Gasteiger partial charge in [0.1, 0.15) is 22.3 Å². The Morgan fingerprint density at radius 3 is 0.800 bits per heavy atom. The molecular weight excluding hydrogens is 1330 g/mol. The second-order valence-electron chi connectivity index (χ2n) is 29.6. The summed E-state index contributed by atoms with van der Waals surface area (Å²) in [4.78, 5) is 0. The van der Waals surface area contributed by atoms with Gasteiger partial charge in [-0.15, -0.1) is 0 Å². The van der Waals surface area contributed by atoms with Gasteiger partial charge >= 0.3 is 0 Å². The van der Waals surface area contributed by atoms with Crippen LogP contribution >= 0.6 is 0 Å². The molecule has 0 atom stereocenters. The van der Waals surface area contributed by atoms with Gasteiger partial charge in [0.2, 0.25) is 0 Å². The number of hydrogen-bond acceptors (Lipinski definition) is 2. The number of hydrogen-bond donors (Lipinski definition) is 0. The fourth-order valence-corrected chi connectivity index (χ4v) is 18.5. The fourth-order valence-electron chi connectivity index (χ4n) is 18.5. The number of rotatable bonds is 9. The standard InChI is InChI=1S/C108H64O2/c1-2-21-65(22-3-1)66-43-45-67(46-44-66)101-87-34-9-11-36-89(87)102(90-37-12-10-35-88(90)101)79-27-19-25-70(60-79)77-53-56-97-100(64-77)110-108-98-62-75(51-54-84(98)82-30-5-8-33-86(82)106(97)108)74-50-49-72-57-71(47-48-73(72)58-74)68-23-18-26-78(59-68)103-91-38-13-15-40-93(91)104(94-41-16-14-39-92(94)103)80-28-20-24-69(61-80)76-52-55-96-99(63-76)109-107-95-42-17-6-31-83(95)81-29-4-7-32-85(81)105(96)107/h1-64H. The molecule has 0 saturated carbocycles. The lowest BCUT2D eigenvalue weighted by molar-refractivity contribution is 0.672. The van der Waals surface area contributed by atoms with Gasteiger partial charge in [0.05, 0.1) is 0 Å². The summed E-state index contributed by atoms with van der Waals surface area (Å²) in [7, 11) is 0. The Labute approximate surface area is 633 Å². The Morgan fingerprint density at radius 2 is 0.382 bits per heavy atom. The molecule has 110 heavy (non-hydrogen) atoms. The molecule has 0 N–H and O–H groups in total. The van der Waals surface area contributed by atoms with E-state index in [1.807, 2.05) is 0 Å². The summed E-state index contributed by atoms with van der Waals surface area (Å²) in [5.74, 6) is 0. The third-order valence-corrected chi connectivity index (χ3v) is 23.6. The molecule has 23 aromatic rings. The molecule has 2 nitrogen and oxygen atoms in total. The van der Waals surface area contributed by atoms with Gasteiger partial charge in [-0.1, -0.05) is 328 Å². The molecule has 2 aromatic heterocycles. The van der Waals surface area contributed by atoms with Crippen LogP contribution in [0.1, 0.15) is 0 Å². The van der Waals surface area contributed by atoms with Crippen LogP contribution in [-0.4, -0.2) is 0 Å². The Bertz CT molecular complexity index is 7710. The van der Waals surface area contributed by atoms with Crippen LogP contribution < -0.4 is 0 Å². The van der Waals surface area contributed by atoms with E-state index in [0.29, 0.717) is 0 Å². The predicted octanol–water partition coefficient (Wildman–Crippen LogP) is 30.9.